The van der Waals surface area contributed by atoms with Gasteiger partial charge in [0.1, 0.15) is 5.69 Å². The van der Waals surface area contributed by atoms with Crippen LogP contribution in [-0.4, -0.2) is 29.8 Å². The highest BCUT2D eigenvalue weighted by Gasteiger charge is 2.22. The molecular formula is C17H18N2O4. The van der Waals surface area contributed by atoms with E-state index in [4.69, 9.17) is 4.74 Å². The molecule has 0 fully saturated rings. The summed E-state index contributed by atoms with van der Waals surface area (Å²) in [7, 11) is 1.29. The third-order valence-corrected chi connectivity index (χ3v) is 3.58. The van der Waals surface area contributed by atoms with Crippen molar-refractivity contribution in [2.24, 2.45) is 0 Å². The van der Waals surface area contributed by atoms with Gasteiger partial charge in [0.25, 0.3) is 5.91 Å². The maximum absolute atomic E-state index is 12.4. The molecule has 23 heavy (non-hydrogen) atoms. The van der Waals surface area contributed by atoms with Crippen molar-refractivity contribution in [2.75, 3.05) is 12.4 Å². The second-order valence-corrected chi connectivity index (χ2v) is 5.21. The lowest BCUT2D eigenvalue weighted by Crippen LogP contribution is -2.14. The Labute approximate surface area is 133 Å². The van der Waals surface area contributed by atoms with Gasteiger partial charge in [-0.15, -0.1) is 0 Å². The van der Waals surface area contributed by atoms with Crippen molar-refractivity contribution in [3.05, 3.63) is 52.3 Å². The van der Waals surface area contributed by atoms with Crippen LogP contribution in [0.2, 0.25) is 0 Å². The molecule has 1 aromatic heterocycles. The Morgan fingerprint density at radius 3 is 2.48 bits per heavy atom. The Balaban J connectivity index is 2.30. The molecule has 1 aromatic carbocycles. The Bertz CT molecular complexity index is 790. The molecule has 2 aromatic rings. The number of carbonyl (C=O) groups excluding carboxylic acids is 3. The van der Waals surface area contributed by atoms with Crippen LogP contribution in [0, 0.1) is 13.8 Å². The molecule has 1 heterocycles. The summed E-state index contributed by atoms with van der Waals surface area (Å²) in [5.74, 6) is -0.962. The molecule has 2 N–H and O–H groups in total. The Morgan fingerprint density at radius 1 is 1.17 bits per heavy atom. The standard InChI is InChI=1S/C17H18N2O4/c1-9-14(17(22)23-4)10(2)18-15(9)16(21)19-13-7-5-6-12(8-13)11(3)20/h5-8,18H,1-4H3,(H,19,21). The molecule has 0 saturated heterocycles. The first kappa shape index (κ1) is 16.5. The lowest BCUT2D eigenvalue weighted by Gasteiger charge is -2.06. The van der Waals surface area contributed by atoms with E-state index in [2.05, 4.69) is 10.3 Å². The molecule has 0 radical (unpaired) electrons. The lowest BCUT2D eigenvalue weighted by atomic mass is 10.1. The summed E-state index contributed by atoms with van der Waals surface area (Å²) in [6.07, 6.45) is 0. The fraction of sp³-hybridized carbons (Fsp3) is 0.235. The van der Waals surface area contributed by atoms with E-state index in [1.165, 1.54) is 14.0 Å². The number of benzene rings is 1. The maximum atomic E-state index is 12.4. The van der Waals surface area contributed by atoms with Gasteiger partial charge in [0.2, 0.25) is 0 Å². The maximum Gasteiger partial charge on any atom is 0.339 e. The minimum absolute atomic E-state index is 0.0824. The topological polar surface area (TPSA) is 88.3 Å². The van der Waals surface area contributed by atoms with Crippen LogP contribution in [0.1, 0.15) is 49.4 Å². The zero-order valence-corrected chi connectivity index (χ0v) is 13.4. The fourth-order valence-corrected chi connectivity index (χ4v) is 2.39. The van der Waals surface area contributed by atoms with Crippen molar-refractivity contribution in [3.63, 3.8) is 0 Å². The van der Waals surface area contributed by atoms with E-state index in [-0.39, 0.29) is 17.4 Å². The number of methoxy groups -OCH3 is 1. The van der Waals surface area contributed by atoms with Crippen LogP contribution in [0.3, 0.4) is 0 Å². The van der Waals surface area contributed by atoms with E-state index in [1.54, 1.807) is 38.1 Å². The third-order valence-electron chi connectivity index (χ3n) is 3.58. The van der Waals surface area contributed by atoms with Crippen LogP contribution < -0.4 is 5.32 Å². The van der Waals surface area contributed by atoms with Crippen LogP contribution in [0.5, 0.6) is 0 Å². The van der Waals surface area contributed by atoms with E-state index in [9.17, 15) is 14.4 Å². The number of H-pyrrole nitrogens is 1. The summed E-state index contributed by atoms with van der Waals surface area (Å²) in [6.45, 7) is 4.84. The number of nitrogens with one attached hydrogen (secondary N) is 2. The molecule has 120 valence electrons. The molecule has 2 rings (SSSR count). The summed E-state index contributed by atoms with van der Waals surface area (Å²) in [5.41, 5.74) is 2.75. The monoisotopic (exact) mass is 314 g/mol. The smallest absolute Gasteiger partial charge is 0.339 e. The fourth-order valence-electron chi connectivity index (χ4n) is 2.39. The number of ketones is 1. The zero-order valence-electron chi connectivity index (χ0n) is 13.4. The number of carbonyl (C=O) groups is 3. The van der Waals surface area contributed by atoms with Gasteiger partial charge in [0, 0.05) is 16.9 Å². The van der Waals surface area contributed by atoms with E-state index in [0.717, 1.165) is 0 Å². The van der Waals surface area contributed by atoms with Gasteiger partial charge < -0.3 is 15.0 Å². The van der Waals surface area contributed by atoms with E-state index in [0.29, 0.717) is 28.1 Å². The molecule has 0 spiro atoms. The molecule has 0 aliphatic heterocycles. The van der Waals surface area contributed by atoms with Crippen LogP contribution in [0.15, 0.2) is 24.3 Å². The molecule has 0 atom stereocenters. The minimum Gasteiger partial charge on any atom is -0.465 e. The Hall–Kier alpha value is -2.89. The quantitative estimate of drug-likeness (QED) is 0.671. The Kier molecular flexibility index (Phi) is 4.64. The number of Topliss-reactive ketones (excluding diaryl/α,β-unsaturated/α-hetero) is 1. The number of amides is 1. The normalized spacial score (nSPS) is 10.3. The van der Waals surface area contributed by atoms with Crippen LogP contribution in [-0.2, 0) is 4.74 Å². The highest BCUT2D eigenvalue weighted by atomic mass is 16.5. The van der Waals surface area contributed by atoms with Crippen molar-refractivity contribution in [1.82, 2.24) is 4.98 Å². The van der Waals surface area contributed by atoms with Gasteiger partial charge in [-0.3, -0.25) is 9.59 Å². The van der Waals surface area contributed by atoms with Gasteiger partial charge in [0.05, 0.1) is 12.7 Å². The number of aromatic nitrogens is 1. The summed E-state index contributed by atoms with van der Waals surface area (Å²) < 4.78 is 4.72. The largest absolute Gasteiger partial charge is 0.465 e. The average Bonchev–Trinajstić information content (AvgIpc) is 2.81. The average molecular weight is 314 g/mol. The third kappa shape index (κ3) is 3.31. The highest BCUT2D eigenvalue weighted by molar-refractivity contribution is 6.07. The summed E-state index contributed by atoms with van der Waals surface area (Å²) in [5, 5.41) is 2.72. The zero-order chi connectivity index (χ0) is 17.1. The number of rotatable bonds is 4. The number of hydrogen-bond donors (Lipinski definition) is 2. The predicted octanol–water partition coefficient (Wildman–Crippen LogP) is 2.87. The van der Waals surface area contributed by atoms with Crippen LogP contribution in [0.25, 0.3) is 0 Å². The van der Waals surface area contributed by atoms with E-state index >= 15 is 0 Å². The van der Waals surface area contributed by atoms with Crippen LogP contribution in [0.4, 0.5) is 5.69 Å². The number of ether oxygens (including phenoxy) is 1. The van der Waals surface area contributed by atoms with E-state index < -0.39 is 5.97 Å². The second kappa shape index (κ2) is 6.48. The van der Waals surface area contributed by atoms with Gasteiger partial charge in [-0.25, -0.2) is 4.79 Å². The van der Waals surface area contributed by atoms with Crippen molar-refractivity contribution in [3.8, 4) is 0 Å². The number of hydrogen-bond acceptors (Lipinski definition) is 4. The molecule has 0 aliphatic rings. The minimum atomic E-state index is -0.492. The molecule has 0 bridgehead atoms. The number of anilines is 1. The second-order valence-electron chi connectivity index (χ2n) is 5.21. The SMILES string of the molecule is COC(=O)c1c(C)[nH]c(C(=O)Nc2cccc(C(C)=O)c2)c1C. The van der Waals surface area contributed by atoms with E-state index in [1.807, 2.05) is 0 Å². The van der Waals surface area contributed by atoms with Gasteiger partial charge >= 0.3 is 5.97 Å². The van der Waals surface area contributed by atoms with Crippen molar-refractivity contribution < 1.29 is 19.1 Å². The molecule has 0 unspecified atom stereocenters. The van der Waals surface area contributed by atoms with Crippen molar-refractivity contribution >= 4 is 23.3 Å². The van der Waals surface area contributed by atoms with Gasteiger partial charge in [-0.2, -0.15) is 0 Å². The lowest BCUT2D eigenvalue weighted by molar-refractivity contribution is 0.0599. The first-order chi connectivity index (χ1) is 10.8. The van der Waals surface area contributed by atoms with Gasteiger partial charge in [-0.1, -0.05) is 12.1 Å². The molecular weight excluding hydrogens is 296 g/mol. The van der Waals surface area contributed by atoms with Crippen LogP contribution >= 0.6 is 0 Å². The summed E-state index contributed by atoms with van der Waals surface area (Å²) in [4.78, 5) is 38.5. The number of esters is 1. The Morgan fingerprint density at radius 2 is 1.87 bits per heavy atom. The molecule has 6 nitrogen and oxygen atoms in total. The van der Waals surface area contributed by atoms with Gasteiger partial charge in [-0.05, 0) is 38.5 Å². The molecule has 0 aliphatic carbocycles. The summed E-state index contributed by atoms with van der Waals surface area (Å²) in [6, 6.07) is 6.67. The van der Waals surface area contributed by atoms with Crippen molar-refractivity contribution in [2.45, 2.75) is 20.8 Å². The number of aryl methyl sites for hydroxylation is 1. The highest BCUT2D eigenvalue weighted by Crippen LogP contribution is 2.20. The first-order valence-electron chi connectivity index (χ1n) is 7.05. The first-order valence-corrected chi connectivity index (χ1v) is 7.05. The summed E-state index contributed by atoms with van der Waals surface area (Å²) >= 11 is 0. The predicted molar refractivity (Wildman–Crippen MR) is 86.0 cm³/mol. The number of aromatic amines is 1. The van der Waals surface area contributed by atoms with Crippen molar-refractivity contribution in [1.29, 1.82) is 0 Å². The van der Waals surface area contributed by atoms with Gasteiger partial charge in [0.15, 0.2) is 5.78 Å². The molecule has 0 saturated carbocycles. The molecule has 6 heteroatoms. The molecule has 1 amide bonds.